The van der Waals surface area contributed by atoms with E-state index in [2.05, 4.69) is 45.1 Å². The average molecular weight is 279 g/mol. The molecule has 1 aromatic rings. The first-order valence-corrected chi connectivity index (χ1v) is 7.35. The summed E-state index contributed by atoms with van der Waals surface area (Å²) in [6.07, 6.45) is 0.592. The Morgan fingerprint density at radius 1 is 1.20 bits per heavy atom. The van der Waals surface area contributed by atoms with E-state index in [-0.39, 0.29) is 5.54 Å². The number of hydrogen-bond donors (Lipinski definition) is 2. The molecule has 0 aliphatic rings. The van der Waals surface area contributed by atoms with Crippen molar-refractivity contribution >= 4 is 0 Å². The van der Waals surface area contributed by atoms with Crippen LogP contribution in [-0.2, 0) is 11.2 Å². The van der Waals surface area contributed by atoms with E-state index in [9.17, 15) is 5.11 Å². The van der Waals surface area contributed by atoms with Crippen LogP contribution in [0.5, 0.6) is 0 Å². The number of rotatable bonds is 8. The van der Waals surface area contributed by atoms with Gasteiger partial charge in [-0.3, -0.25) is 0 Å². The molecule has 0 aliphatic heterocycles. The third-order valence-electron chi connectivity index (χ3n) is 3.29. The van der Waals surface area contributed by atoms with E-state index in [0.717, 1.165) is 12.0 Å². The summed E-state index contributed by atoms with van der Waals surface area (Å²) in [6.45, 7) is 9.70. The fourth-order valence-corrected chi connectivity index (χ4v) is 2.25. The van der Waals surface area contributed by atoms with Gasteiger partial charge >= 0.3 is 0 Å². The van der Waals surface area contributed by atoms with Crippen LogP contribution in [0.1, 0.15) is 44.9 Å². The summed E-state index contributed by atoms with van der Waals surface area (Å²) in [5, 5.41) is 13.6. The highest BCUT2D eigenvalue weighted by molar-refractivity contribution is 5.24. The van der Waals surface area contributed by atoms with Gasteiger partial charge in [0.2, 0.25) is 0 Å². The monoisotopic (exact) mass is 279 g/mol. The first-order chi connectivity index (χ1) is 9.34. The molecular weight excluding hydrogens is 250 g/mol. The molecule has 0 heterocycles. The number of ether oxygens (including phenoxy) is 1. The number of methoxy groups -OCH3 is 1. The zero-order valence-corrected chi connectivity index (χ0v) is 13.4. The molecule has 0 bridgehead atoms. The zero-order valence-electron chi connectivity index (χ0n) is 13.4. The summed E-state index contributed by atoms with van der Waals surface area (Å²) in [5.74, 6) is 0.655. The predicted molar refractivity (Wildman–Crippen MR) is 83.9 cm³/mol. The standard InChI is InChI=1S/C17H29NO2/c1-13(2)10-14-6-8-15(9-7-14)16(19)11-18-17(3,4)12-20-5/h6-9,13,16,18-19H,10-12H2,1-5H3. The van der Waals surface area contributed by atoms with Crippen LogP contribution in [-0.4, -0.2) is 30.9 Å². The molecule has 1 rings (SSSR count). The van der Waals surface area contributed by atoms with Gasteiger partial charge in [-0.1, -0.05) is 38.1 Å². The number of β-amino-alcohol motifs (C(OH)–C–C–N with tert-alkyl or cyclic N) is 1. The third kappa shape index (κ3) is 6.04. The summed E-state index contributed by atoms with van der Waals surface area (Å²) in [6, 6.07) is 8.26. The van der Waals surface area contributed by atoms with Crippen LogP contribution in [0.3, 0.4) is 0 Å². The van der Waals surface area contributed by atoms with Gasteiger partial charge in [0.15, 0.2) is 0 Å². The molecule has 114 valence electrons. The van der Waals surface area contributed by atoms with Gasteiger partial charge in [-0.15, -0.1) is 0 Å². The Kier molecular flexibility index (Phi) is 6.66. The Bertz CT molecular complexity index is 384. The lowest BCUT2D eigenvalue weighted by Crippen LogP contribution is -2.45. The quantitative estimate of drug-likeness (QED) is 0.769. The maximum Gasteiger partial charge on any atom is 0.0914 e. The van der Waals surface area contributed by atoms with Crippen LogP contribution in [0, 0.1) is 5.92 Å². The summed E-state index contributed by atoms with van der Waals surface area (Å²) in [4.78, 5) is 0. The summed E-state index contributed by atoms with van der Waals surface area (Å²) < 4.78 is 5.15. The molecule has 0 spiro atoms. The van der Waals surface area contributed by atoms with E-state index >= 15 is 0 Å². The van der Waals surface area contributed by atoms with Gasteiger partial charge in [-0.2, -0.15) is 0 Å². The minimum Gasteiger partial charge on any atom is -0.387 e. The fourth-order valence-electron chi connectivity index (χ4n) is 2.25. The maximum absolute atomic E-state index is 10.2. The molecule has 1 atom stereocenters. The van der Waals surface area contributed by atoms with Crippen molar-refractivity contribution in [2.45, 2.75) is 45.8 Å². The van der Waals surface area contributed by atoms with Crippen LogP contribution in [0.15, 0.2) is 24.3 Å². The van der Waals surface area contributed by atoms with Gasteiger partial charge < -0.3 is 15.2 Å². The molecule has 1 aromatic carbocycles. The normalized spacial score (nSPS) is 13.8. The molecule has 3 heteroatoms. The second-order valence-corrected chi connectivity index (χ2v) is 6.55. The van der Waals surface area contributed by atoms with Crippen LogP contribution in [0.2, 0.25) is 0 Å². The van der Waals surface area contributed by atoms with E-state index in [1.807, 2.05) is 12.1 Å². The lowest BCUT2D eigenvalue weighted by atomic mass is 9.99. The number of nitrogens with one attached hydrogen (secondary N) is 1. The van der Waals surface area contributed by atoms with Gasteiger partial charge in [-0.05, 0) is 37.3 Å². The van der Waals surface area contributed by atoms with Crippen LogP contribution in [0.25, 0.3) is 0 Å². The lowest BCUT2D eigenvalue weighted by molar-refractivity contribution is 0.107. The van der Waals surface area contributed by atoms with Crippen molar-refractivity contribution in [3.05, 3.63) is 35.4 Å². The second kappa shape index (κ2) is 7.77. The predicted octanol–water partition coefficient (Wildman–Crippen LogP) is 2.93. The third-order valence-corrected chi connectivity index (χ3v) is 3.29. The highest BCUT2D eigenvalue weighted by atomic mass is 16.5. The lowest BCUT2D eigenvalue weighted by Gasteiger charge is -2.27. The van der Waals surface area contributed by atoms with Crippen molar-refractivity contribution in [3.63, 3.8) is 0 Å². The summed E-state index contributed by atoms with van der Waals surface area (Å²) >= 11 is 0. The minimum atomic E-state index is -0.487. The smallest absolute Gasteiger partial charge is 0.0914 e. The number of aliphatic hydroxyl groups is 1. The first kappa shape index (κ1) is 17.2. The van der Waals surface area contributed by atoms with Crippen molar-refractivity contribution < 1.29 is 9.84 Å². The molecular formula is C17H29NO2. The van der Waals surface area contributed by atoms with Gasteiger partial charge in [-0.25, -0.2) is 0 Å². The minimum absolute atomic E-state index is 0.132. The van der Waals surface area contributed by atoms with Gasteiger partial charge in [0.1, 0.15) is 0 Å². The SMILES string of the molecule is COCC(C)(C)NCC(O)c1ccc(CC(C)C)cc1. The summed E-state index contributed by atoms with van der Waals surface area (Å²) in [5.41, 5.74) is 2.15. The molecule has 0 radical (unpaired) electrons. The number of aliphatic hydroxyl groups excluding tert-OH is 1. The van der Waals surface area contributed by atoms with Gasteiger partial charge in [0.05, 0.1) is 12.7 Å². The summed E-state index contributed by atoms with van der Waals surface area (Å²) in [7, 11) is 1.69. The Hall–Kier alpha value is -0.900. The Balaban J connectivity index is 2.53. The van der Waals surface area contributed by atoms with E-state index in [0.29, 0.717) is 19.1 Å². The molecule has 1 unspecified atom stereocenters. The fraction of sp³-hybridized carbons (Fsp3) is 0.647. The van der Waals surface area contributed by atoms with Gasteiger partial charge in [0, 0.05) is 19.2 Å². The zero-order chi connectivity index (χ0) is 15.2. The molecule has 0 amide bonds. The highest BCUT2D eigenvalue weighted by Crippen LogP contribution is 2.16. The largest absolute Gasteiger partial charge is 0.387 e. The van der Waals surface area contributed by atoms with E-state index in [1.54, 1.807) is 7.11 Å². The Morgan fingerprint density at radius 2 is 1.80 bits per heavy atom. The topological polar surface area (TPSA) is 41.5 Å². The molecule has 0 aromatic heterocycles. The second-order valence-electron chi connectivity index (χ2n) is 6.55. The van der Waals surface area contributed by atoms with E-state index in [1.165, 1.54) is 5.56 Å². The van der Waals surface area contributed by atoms with Gasteiger partial charge in [0.25, 0.3) is 0 Å². The van der Waals surface area contributed by atoms with Crippen molar-refractivity contribution in [3.8, 4) is 0 Å². The molecule has 20 heavy (non-hydrogen) atoms. The molecule has 0 aliphatic carbocycles. The van der Waals surface area contributed by atoms with Crippen molar-refractivity contribution in [2.75, 3.05) is 20.3 Å². The molecule has 0 saturated heterocycles. The van der Waals surface area contributed by atoms with Crippen LogP contribution in [0.4, 0.5) is 0 Å². The van der Waals surface area contributed by atoms with Crippen molar-refractivity contribution in [2.24, 2.45) is 5.92 Å². The Morgan fingerprint density at radius 3 is 2.30 bits per heavy atom. The van der Waals surface area contributed by atoms with E-state index in [4.69, 9.17) is 4.74 Å². The molecule has 0 saturated carbocycles. The molecule has 2 N–H and O–H groups in total. The van der Waals surface area contributed by atoms with Crippen molar-refractivity contribution in [1.29, 1.82) is 0 Å². The average Bonchev–Trinajstić information content (AvgIpc) is 2.36. The number of hydrogen-bond acceptors (Lipinski definition) is 3. The number of benzene rings is 1. The van der Waals surface area contributed by atoms with Crippen LogP contribution >= 0.6 is 0 Å². The van der Waals surface area contributed by atoms with Crippen LogP contribution < -0.4 is 5.32 Å². The highest BCUT2D eigenvalue weighted by Gasteiger charge is 2.18. The molecule has 3 nitrogen and oxygen atoms in total. The first-order valence-electron chi connectivity index (χ1n) is 7.35. The Labute approximate surface area is 123 Å². The van der Waals surface area contributed by atoms with Crippen molar-refractivity contribution in [1.82, 2.24) is 5.32 Å². The van der Waals surface area contributed by atoms with E-state index < -0.39 is 6.10 Å². The maximum atomic E-state index is 10.2. The molecule has 0 fully saturated rings.